The largest absolute Gasteiger partial charge is 0.353 e. The summed E-state index contributed by atoms with van der Waals surface area (Å²) in [4.78, 5) is 30.4. The monoisotopic (exact) mass is 407 g/mol. The first-order valence-corrected chi connectivity index (χ1v) is 11.2. The average Bonchev–Trinajstić information content (AvgIpc) is 3.64. The van der Waals surface area contributed by atoms with Gasteiger partial charge in [-0.1, -0.05) is 44.2 Å². The van der Waals surface area contributed by atoms with Crippen molar-refractivity contribution in [3.05, 3.63) is 59.9 Å². The van der Waals surface area contributed by atoms with Crippen LogP contribution in [0.2, 0.25) is 0 Å². The van der Waals surface area contributed by atoms with E-state index in [4.69, 9.17) is 0 Å². The van der Waals surface area contributed by atoms with E-state index in [2.05, 4.69) is 36.6 Å². The summed E-state index contributed by atoms with van der Waals surface area (Å²) in [6.45, 7) is 5.65. The SMILES string of the molecule is CC(C)CN(CC(=O)N(Cc1cccn1C)C1CC1)C(=O)[C@@H]1C[C@H]1c1ccccc1. The summed E-state index contributed by atoms with van der Waals surface area (Å²) < 4.78 is 2.06. The molecule has 2 atom stereocenters. The molecule has 2 fully saturated rings. The summed E-state index contributed by atoms with van der Waals surface area (Å²) in [5.41, 5.74) is 2.36. The molecule has 1 heterocycles. The zero-order chi connectivity index (χ0) is 21.3. The predicted octanol–water partition coefficient (Wildman–Crippen LogP) is 3.80. The van der Waals surface area contributed by atoms with Gasteiger partial charge in [0.2, 0.25) is 11.8 Å². The fourth-order valence-electron chi connectivity index (χ4n) is 4.34. The number of benzene rings is 1. The van der Waals surface area contributed by atoms with Crippen LogP contribution >= 0.6 is 0 Å². The second-order valence-corrected chi connectivity index (χ2v) is 9.34. The number of nitrogens with zero attached hydrogens (tertiary/aromatic N) is 3. The lowest BCUT2D eigenvalue weighted by Gasteiger charge is -2.29. The number of aryl methyl sites for hydroxylation is 1. The minimum absolute atomic E-state index is 0.0150. The van der Waals surface area contributed by atoms with Crippen LogP contribution in [0.4, 0.5) is 0 Å². The van der Waals surface area contributed by atoms with Crippen LogP contribution < -0.4 is 0 Å². The fourth-order valence-corrected chi connectivity index (χ4v) is 4.34. The van der Waals surface area contributed by atoms with Gasteiger partial charge in [-0.15, -0.1) is 0 Å². The second kappa shape index (κ2) is 8.66. The van der Waals surface area contributed by atoms with E-state index in [9.17, 15) is 9.59 Å². The Labute approximate surface area is 179 Å². The van der Waals surface area contributed by atoms with Crippen molar-refractivity contribution in [2.45, 2.75) is 51.6 Å². The van der Waals surface area contributed by atoms with Gasteiger partial charge < -0.3 is 14.4 Å². The fraction of sp³-hybridized carbons (Fsp3) is 0.520. The maximum absolute atomic E-state index is 13.3. The molecule has 0 aliphatic heterocycles. The smallest absolute Gasteiger partial charge is 0.242 e. The number of carbonyl (C=O) groups excluding carboxylic acids is 2. The Kier molecular flexibility index (Phi) is 5.98. The number of hydrogen-bond donors (Lipinski definition) is 0. The average molecular weight is 408 g/mol. The molecule has 30 heavy (non-hydrogen) atoms. The molecule has 0 unspecified atom stereocenters. The molecule has 2 saturated carbocycles. The molecule has 1 aromatic heterocycles. The number of carbonyl (C=O) groups is 2. The Morgan fingerprint density at radius 3 is 2.43 bits per heavy atom. The minimum atomic E-state index is 0.0150. The normalized spacial score (nSPS) is 20.3. The molecule has 0 saturated heterocycles. The highest BCUT2D eigenvalue weighted by atomic mass is 16.2. The molecule has 2 aliphatic rings. The van der Waals surface area contributed by atoms with E-state index >= 15 is 0 Å². The molecule has 5 nitrogen and oxygen atoms in total. The maximum Gasteiger partial charge on any atom is 0.242 e. The first-order valence-electron chi connectivity index (χ1n) is 11.2. The molecular formula is C25H33N3O2. The van der Waals surface area contributed by atoms with Gasteiger partial charge in [0.25, 0.3) is 0 Å². The summed E-state index contributed by atoms with van der Waals surface area (Å²) in [5.74, 6) is 0.857. The summed E-state index contributed by atoms with van der Waals surface area (Å²) in [7, 11) is 2.01. The van der Waals surface area contributed by atoms with Gasteiger partial charge in [-0.3, -0.25) is 9.59 Å². The van der Waals surface area contributed by atoms with Crippen molar-refractivity contribution < 1.29 is 9.59 Å². The minimum Gasteiger partial charge on any atom is -0.353 e. The van der Waals surface area contributed by atoms with Crippen molar-refractivity contribution in [2.75, 3.05) is 13.1 Å². The third kappa shape index (κ3) is 4.77. The van der Waals surface area contributed by atoms with E-state index in [0.717, 1.165) is 25.0 Å². The van der Waals surface area contributed by atoms with E-state index in [1.807, 2.05) is 47.3 Å². The quantitative estimate of drug-likeness (QED) is 0.635. The Balaban J connectivity index is 1.43. The van der Waals surface area contributed by atoms with Crippen molar-refractivity contribution >= 4 is 11.8 Å². The van der Waals surface area contributed by atoms with Gasteiger partial charge in [0, 0.05) is 37.4 Å². The van der Waals surface area contributed by atoms with Crippen LogP contribution in [-0.2, 0) is 23.2 Å². The molecule has 5 heteroatoms. The maximum atomic E-state index is 13.3. The summed E-state index contributed by atoms with van der Waals surface area (Å²) in [6, 6.07) is 14.7. The van der Waals surface area contributed by atoms with E-state index in [1.165, 1.54) is 5.56 Å². The Hall–Kier alpha value is -2.56. The first-order chi connectivity index (χ1) is 14.4. The summed E-state index contributed by atoms with van der Waals surface area (Å²) >= 11 is 0. The molecule has 2 aliphatic carbocycles. The van der Waals surface area contributed by atoms with Crippen molar-refractivity contribution in [3.63, 3.8) is 0 Å². The Bertz CT molecular complexity index is 885. The van der Waals surface area contributed by atoms with Gasteiger partial charge in [0.15, 0.2) is 0 Å². The van der Waals surface area contributed by atoms with Crippen LogP contribution in [0.5, 0.6) is 0 Å². The van der Waals surface area contributed by atoms with Gasteiger partial charge in [-0.25, -0.2) is 0 Å². The van der Waals surface area contributed by atoms with Crippen LogP contribution in [0.25, 0.3) is 0 Å². The second-order valence-electron chi connectivity index (χ2n) is 9.34. The number of aromatic nitrogens is 1. The molecule has 1 aromatic carbocycles. The van der Waals surface area contributed by atoms with Gasteiger partial charge in [0.05, 0.1) is 13.1 Å². The van der Waals surface area contributed by atoms with Crippen LogP contribution in [-0.4, -0.2) is 45.3 Å². The van der Waals surface area contributed by atoms with Gasteiger partial charge >= 0.3 is 0 Å². The zero-order valence-electron chi connectivity index (χ0n) is 18.3. The number of amides is 2. The van der Waals surface area contributed by atoms with Crippen LogP contribution in [0, 0.1) is 11.8 Å². The standard InChI is InChI=1S/C25H33N3O2/c1-18(2)15-27(25(30)23-14-22(23)19-8-5-4-6-9-19)17-24(29)28(20-11-12-20)16-21-10-7-13-26(21)3/h4-10,13,18,20,22-23H,11-12,14-17H2,1-3H3/t22-,23+/m0/s1. The van der Waals surface area contributed by atoms with Gasteiger partial charge in [-0.05, 0) is 48.8 Å². The molecule has 160 valence electrons. The number of hydrogen-bond acceptors (Lipinski definition) is 2. The van der Waals surface area contributed by atoms with Crippen molar-refractivity contribution in [1.82, 2.24) is 14.4 Å². The van der Waals surface area contributed by atoms with E-state index < -0.39 is 0 Å². The number of rotatable bonds is 9. The van der Waals surface area contributed by atoms with Crippen LogP contribution in [0.3, 0.4) is 0 Å². The molecule has 0 radical (unpaired) electrons. The lowest BCUT2D eigenvalue weighted by Crippen LogP contribution is -2.45. The van der Waals surface area contributed by atoms with E-state index in [1.54, 1.807) is 0 Å². The molecular weight excluding hydrogens is 374 g/mol. The lowest BCUT2D eigenvalue weighted by molar-refractivity contribution is -0.142. The Morgan fingerprint density at radius 2 is 1.83 bits per heavy atom. The third-order valence-corrected chi connectivity index (χ3v) is 6.25. The molecule has 0 spiro atoms. The molecule has 4 rings (SSSR count). The van der Waals surface area contributed by atoms with Crippen molar-refractivity contribution in [2.24, 2.45) is 18.9 Å². The van der Waals surface area contributed by atoms with Gasteiger partial charge in [-0.2, -0.15) is 0 Å². The van der Waals surface area contributed by atoms with E-state index in [-0.39, 0.29) is 24.3 Å². The summed E-state index contributed by atoms with van der Waals surface area (Å²) in [6.07, 6.45) is 5.03. The van der Waals surface area contributed by atoms with Crippen molar-refractivity contribution in [3.8, 4) is 0 Å². The van der Waals surface area contributed by atoms with E-state index in [0.29, 0.717) is 31.0 Å². The predicted molar refractivity (Wildman–Crippen MR) is 118 cm³/mol. The Morgan fingerprint density at radius 1 is 1.10 bits per heavy atom. The zero-order valence-corrected chi connectivity index (χ0v) is 18.3. The molecule has 0 bridgehead atoms. The van der Waals surface area contributed by atoms with Crippen molar-refractivity contribution in [1.29, 1.82) is 0 Å². The van der Waals surface area contributed by atoms with Crippen LogP contribution in [0.15, 0.2) is 48.7 Å². The van der Waals surface area contributed by atoms with Gasteiger partial charge in [0.1, 0.15) is 0 Å². The molecule has 2 aromatic rings. The third-order valence-electron chi connectivity index (χ3n) is 6.25. The summed E-state index contributed by atoms with van der Waals surface area (Å²) in [5, 5.41) is 0. The lowest BCUT2D eigenvalue weighted by atomic mass is 10.1. The topological polar surface area (TPSA) is 45.6 Å². The highest BCUT2D eigenvalue weighted by Gasteiger charge is 2.46. The molecule has 0 N–H and O–H groups in total. The molecule has 2 amide bonds. The highest BCUT2D eigenvalue weighted by Crippen LogP contribution is 2.48. The van der Waals surface area contributed by atoms with Crippen LogP contribution in [0.1, 0.15) is 50.3 Å². The first kappa shape index (κ1) is 20.7. The highest BCUT2D eigenvalue weighted by molar-refractivity contribution is 5.88.